The van der Waals surface area contributed by atoms with E-state index in [1.807, 2.05) is 12.1 Å². The largest absolute Gasteiger partial charge is 0.379 e. The summed E-state index contributed by atoms with van der Waals surface area (Å²) in [5, 5.41) is 3.47. The maximum atomic E-state index is 13.6. The van der Waals surface area contributed by atoms with Gasteiger partial charge in [-0.3, -0.25) is 9.89 Å². The lowest BCUT2D eigenvalue weighted by Gasteiger charge is -2.32. The van der Waals surface area contributed by atoms with Crippen LogP contribution in [-0.2, 0) is 10.2 Å². The number of halogens is 2. The molecule has 2 saturated heterocycles. The van der Waals surface area contributed by atoms with E-state index in [9.17, 15) is 4.39 Å². The van der Waals surface area contributed by atoms with E-state index in [0.717, 1.165) is 76.8 Å². The Kier molecular flexibility index (Phi) is 7.55. The molecule has 1 aliphatic carbocycles. The molecule has 0 aromatic heterocycles. The number of likely N-dealkylation sites (tertiary alicyclic amines) is 1. The monoisotopic (exact) mass is 502 g/mol. The minimum Gasteiger partial charge on any atom is -0.379 e. The highest BCUT2D eigenvalue weighted by atomic mass is 127. The van der Waals surface area contributed by atoms with Gasteiger partial charge in [-0.25, -0.2) is 4.39 Å². The van der Waals surface area contributed by atoms with Gasteiger partial charge in [0, 0.05) is 44.2 Å². The molecule has 0 amide bonds. The molecule has 1 atom stereocenters. The van der Waals surface area contributed by atoms with Crippen molar-refractivity contribution in [3.8, 4) is 0 Å². The molecule has 3 fully saturated rings. The van der Waals surface area contributed by atoms with E-state index in [4.69, 9.17) is 9.73 Å². The second-order valence-electron chi connectivity index (χ2n) is 8.00. The maximum Gasteiger partial charge on any atom is 0.193 e. The molecule has 1 unspecified atom stereocenters. The molecule has 1 N–H and O–H groups in total. The lowest BCUT2D eigenvalue weighted by Crippen LogP contribution is -2.46. The molecule has 3 aliphatic rings. The molecule has 0 spiro atoms. The van der Waals surface area contributed by atoms with Crippen molar-refractivity contribution in [2.75, 3.05) is 52.5 Å². The van der Waals surface area contributed by atoms with Crippen molar-refractivity contribution in [2.45, 2.75) is 37.6 Å². The third-order valence-electron chi connectivity index (χ3n) is 6.18. The fourth-order valence-corrected chi connectivity index (χ4v) is 4.33. The summed E-state index contributed by atoms with van der Waals surface area (Å²) in [5.41, 5.74) is 1.13. The average Bonchev–Trinajstić information content (AvgIpc) is 3.33. The van der Waals surface area contributed by atoms with E-state index in [1.165, 1.54) is 12.5 Å². The third-order valence-corrected chi connectivity index (χ3v) is 6.18. The molecule has 0 bridgehead atoms. The number of rotatable bonds is 5. The molecule has 2 heterocycles. The number of morpholine rings is 1. The van der Waals surface area contributed by atoms with E-state index in [-0.39, 0.29) is 35.2 Å². The Hall–Kier alpha value is -0.930. The summed E-state index contributed by atoms with van der Waals surface area (Å²) in [6.07, 6.45) is 3.37. The van der Waals surface area contributed by atoms with Crippen LogP contribution in [0.4, 0.5) is 4.39 Å². The van der Waals surface area contributed by atoms with Crippen molar-refractivity contribution >= 4 is 29.9 Å². The van der Waals surface area contributed by atoms with Gasteiger partial charge < -0.3 is 15.0 Å². The summed E-state index contributed by atoms with van der Waals surface area (Å²) < 4.78 is 19.1. The molecule has 0 radical (unpaired) electrons. The lowest BCUT2D eigenvalue weighted by molar-refractivity contribution is 0.0195. The van der Waals surface area contributed by atoms with Gasteiger partial charge >= 0.3 is 0 Å². The average molecular weight is 502 g/mol. The van der Waals surface area contributed by atoms with Crippen molar-refractivity contribution in [2.24, 2.45) is 4.99 Å². The Bertz CT molecular complexity index is 676. The van der Waals surface area contributed by atoms with Crippen LogP contribution in [0.5, 0.6) is 0 Å². The van der Waals surface area contributed by atoms with Gasteiger partial charge in [0.15, 0.2) is 5.96 Å². The Balaban J connectivity index is 0.00000225. The van der Waals surface area contributed by atoms with E-state index < -0.39 is 0 Å². The quantitative estimate of drug-likeness (QED) is 0.382. The fourth-order valence-electron chi connectivity index (χ4n) is 4.33. The smallest absolute Gasteiger partial charge is 0.193 e. The summed E-state index contributed by atoms with van der Waals surface area (Å²) in [5.74, 6) is 0.860. The highest BCUT2D eigenvalue weighted by Crippen LogP contribution is 2.48. The first-order valence-electron chi connectivity index (χ1n) is 10.3. The first kappa shape index (κ1) is 21.8. The number of guanidine groups is 1. The van der Waals surface area contributed by atoms with Crippen LogP contribution in [-0.4, -0.2) is 74.3 Å². The molecule has 5 nitrogen and oxygen atoms in total. The zero-order valence-electron chi connectivity index (χ0n) is 16.7. The minimum absolute atomic E-state index is 0. The van der Waals surface area contributed by atoms with Gasteiger partial charge in [-0.05, 0) is 43.9 Å². The standard InChI is InChI=1S/C21H31FN4O.HI/c1-2-23-20(26-9-6-19(15-26)25-10-12-27-13-11-25)24-16-21(7-8-21)17-4-3-5-18(22)14-17;/h3-5,14,19H,2,6-13,15-16H2,1H3,(H,23,24);1H. The first-order chi connectivity index (χ1) is 13.2. The molecule has 7 heteroatoms. The number of benzene rings is 1. The molecular weight excluding hydrogens is 470 g/mol. The predicted molar refractivity (Wildman–Crippen MR) is 121 cm³/mol. The van der Waals surface area contributed by atoms with Crippen LogP contribution in [0.1, 0.15) is 31.7 Å². The van der Waals surface area contributed by atoms with Gasteiger partial charge in [0.1, 0.15) is 5.82 Å². The number of hydrogen-bond donors (Lipinski definition) is 1. The molecule has 156 valence electrons. The fraction of sp³-hybridized carbons (Fsp3) is 0.667. The number of ether oxygens (including phenoxy) is 1. The molecular formula is C21H32FIN4O. The molecule has 28 heavy (non-hydrogen) atoms. The van der Waals surface area contributed by atoms with E-state index >= 15 is 0 Å². The molecule has 2 aliphatic heterocycles. The van der Waals surface area contributed by atoms with E-state index in [2.05, 4.69) is 22.0 Å². The Morgan fingerprint density at radius 3 is 2.75 bits per heavy atom. The Morgan fingerprint density at radius 1 is 1.29 bits per heavy atom. The summed E-state index contributed by atoms with van der Waals surface area (Å²) in [7, 11) is 0. The topological polar surface area (TPSA) is 40.1 Å². The van der Waals surface area contributed by atoms with Gasteiger partial charge in [-0.15, -0.1) is 24.0 Å². The minimum atomic E-state index is -0.150. The normalized spacial score (nSPS) is 24.7. The highest BCUT2D eigenvalue weighted by molar-refractivity contribution is 14.0. The van der Waals surface area contributed by atoms with Crippen LogP contribution in [0, 0.1) is 5.82 Å². The van der Waals surface area contributed by atoms with Crippen molar-refractivity contribution in [3.63, 3.8) is 0 Å². The van der Waals surface area contributed by atoms with Crippen molar-refractivity contribution in [1.82, 2.24) is 15.1 Å². The van der Waals surface area contributed by atoms with Gasteiger partial charge in [0.2, 0.25) is 0 Å². The van der Waals surface area contributed by atoms with Crippen LogP contribution in [0.3, 0.4) is 0 Å². The second kappa shape index (κ2) is 9.71. The lowest BCUT2D eigenvalue weighted by atomic mass is 9.96. The molecule has 4 rings (SSSR count). The highest BCUT2D eigenvalue weighted by Gasteiger charge is 2.44. The number of hydrogen-bond acceptors (Lipinski definition) is 3. The Morgan fingerprint density at radius 2 is 2.07 bits per heavy atom. The van der Waals surface area contributed by atoms with Gasteiger partial charge in [0.05, 0.1) is 19.8 Å². The van der Waals surface area contributed by atoms with Gasteiger partial charge in [0.25, 0.3) is 0 Å². The number of nitrogens with one attached hydrogen (secondary N) is 1. The van der Waals surface area contributed by atoms with E-state index in [0.29, 0.717) is 6.04 Å². The van der Waals surface area contributed by atoms with Crippen LogP contribution in [0.15, 0.2) is 29.3 Å². The van der Waals surface area contributed by atoms with Gasteiger partial charge in [-0.2, -0.15) is 0 Å². The van der Waals surface area contributed by atoms with Gasteiger partial charge in [-0.1, -0.05) is 12.1 Å². The van der Waals surface area contributed by atoms with Crippen molar-refractivity contribution in [1.29, 1.82) is 0 Å². The predicted octanol–water partition coefficient (Wildman–Crippen LogP) is 2.85. The van der Waals surface area contributed by atoms with Crippen LogP contribution >= 0.6 is 24.0 Å². The zero-order chi connectivity index (χ0) is 18.7. The Labute approximate surface area is 184 Å². The third kappa shape index (κ3) is 4.97. The zero-order valence-corrected chi connectivity index (χ0v) is 19.0. The number of aliphatic imine (C=N–C) groups is 1. The van der Waals surface area contributed by atoms with Crippen molar-refractivity contribution in [3.05, 3.63) is 35.6 Å². The molecule has 1 aromatic carbocycles. The summed E-state index contributed by atoms with van der Waals surface area (Å²) in [6, 6.07) is 7.65. The summed E-state index contributed by atoms with van der Waals surface area (Å²) in [6.45, 7) is 9.55. The summed E-state index contributed by atoms with van der Waals surface area (Å²) in [4.78, 5) is 9.93. The van der Waals surface area contributed by atoms with Crippen LogP contribution in [0.2, 0.25) is 0 Å². The van der Waals surface area contributed by atoms with Crippen molar-refractivity contribution < 1.29 is 9.13 Å². The summed E-state index contributed by atoms with van der Waals surface area (Å²) >= 11 is 0. The SMILES string of the molecule is CCNC(=NCC1(c2cccc(F)c2)CC1)N1CCC(N2CCOCC2)C1.I. The van der Waals surface area contributed by atoms with E-state index in [1.54, 1.807) is 6.07 Å². The second-order valence-corrected chi connectivity index (χ2v) is 8.00. The van der Waals surface area contributed by atoms with Crippen LogP contribution < -0.4 is 5.32 Å². The molecule has 1 saturated carbocycles. The first-order valence-corrected chi connectivity index (χ1v) is 10.3. The maximum absolute atomic E-state index is 13.6. The molecule has 1 aromatic rings. The number of nitrogens with zero attached hydrogens (tertiary/aromatic N) is 3. The van der Waals surface area contributed by atoms with Crippen LogP contribution in [0.25, 0.3) is 0 Å².